The molecule has 1 heterocycles. The zero-order valence-electron chi connectivity index (χ0n) is 10.9. The monoisotopic (exact) mass is 243 g/mol. The first-order valence-electron chi connectivity index (χ1n) is 5.88. The number of amides is 1. The van der Waals surface area contributed by atoms with Crippen molar-refractivity contribution in [1.82, 2.24) is 15.1 Å². The maximum absolute atomic E-state index is 12.2. The average Bonchev–Trinajstić information content (AvgIpc) is 2.84. The van der Waals surface area contributed by atoms with Crippen molar-refractivity contribution < 1.29 is 4.79 Å². The second-order valence-electron chi connectivity index (χ2n) is 4.57. The largest absolute Gasteiger partial charge is 0.337 e. The number of rotatable bonds is 3. The molecule has 0 fully saturated rings. The Morgan fingerprint density at radius 2 is 2.11 bits per heavy atom. The minimum absolute atomic E-state index is 0.0271. The highest BCUT2D eigenvalue weighted by Crippen LogP contribution is 2.12. The molecule has 0 aliphatic heterocycles. The highest BCUT2D eigenvalue weighted by atomic mass is 16.2. The van der Waals surface area contributed by atoms with Crippen LogP contribution in [0.3, 0.4) is 0 Å². The molecule has 0 spiro atoms. The second kappa shape index (κ2) is 5.04. The summed E-state index contributed by atoms with van der Waals surface area (Å²) < 4.78 is 0. The van der Waals surface area contributed by atoms with Gasteiger partial charge in [0.05, 0.1) is 6.20 Å². The Morgan fingerprint density at radius 1 is 1.33 bits per heavy atom. The molecular formula is C14H17N3O. The Hall–Kier alpha value is -2.10. The third-order valence-electron chi connectivity index (χ3n) is 3.08. The van der Waals surface area contributed by atoms with Crippen molar-refractivity contribution in [3.63, 3.8) is 0 Å². The van der Waals surface area contributed by atoms with Crippen molar-refractivity contribution >= 4 is 5.91 Å². The lowest BCUT2D eigenvalue weighted by Gasteiger charge is -2.16. The molecule has 0 bridgehead atoms. The van der Waals surface area contributed by atoms with Gasteiger partial charge in [-0.15, -0.1) is 0 Å². The lowest BCUT2D eigenvalue weighted by Crippen LogP contribution is -2.26. The number of hydrogen-bond donors (Lipinski definition) is 1. The molecule has 0 unspecified atom stereocenters. The van der Waals surface area contributed by atoms with Crippen LogP contribution in [0.1, 0.15) is 27.0 Å². The zero-order valence-corrected chi connectivity index (χ0v) is 10.9. The maximum atomic E-state index is 12.2. The third-order valence-corrected chi connectivity index (χ3v) is 3.08. The summed E-state index contributed by atoms with van der Waals surface area (Å²) in [6.07, 6.45) is 3.52. The van der Waals surface area contributed by atoms with Gasteiger partial charge in [0.25, 0.3) is 5.91 Å². The lowest BCUT2D eigenvalue weighted by molar-refractivity contribution is 0.0785. The van der Waals surface area contributed by atoms with E-state index >= 15 is 0 Å². The quantitative estimate of drug-likeness (QED) is 0.899. The van der Waals surface area contributed by atoms with Crippen LogP contribution in [-0.4, -0.2) is 28.1 Å². The van der Waals surface area contributed by atoms with Crippen molar-refractivity contribution in [2.75, 3.05) is 7.05 Å². The fourth-order valence-corrected chi connectivity index (χ4v) is 1.80. The molecule has 18 heavy (non-hydrogen) atoms. The number of aromatic amines is 1. The number of aromatic nitrogens is 2. The van der Waals surface area contributed by atoms with Crippen LogP contribution in [0.2, 0.25) is 0 Å². The van der Waals surface area contributed by atoms with Crippen molar-refractivity contribution in [3.8, 4) is 0 Å². The number of nitrogens with zero attached hydrogens (tertiary/aromatic N) is 2. The van der Waals surface area contributed by atoms with Gasteiger partial charge in [0.15, 0.2) is 0 Å². The Kier molecular flexibility index (Phi) is 3.46. The molecule has 2 aromatic rings. The number of nitrogens with one attached hydrogen (secondary N) is 1. The van der Waals surface area contributed by atoms with Crippen LogP contribution >= 0.6 is 0 Å². The predicted octanol–water partition coefficient (Wildman–Crippen LogP) is 2.30. The Labute approximate surface area is 107 Å². The summed E-state index contributed by atoms with van der Waals surface area (Å²) in [6.45, 7) is 4.61. The predicted molar refractivity (Wildman–Crippen MR) is 70.3 cm³/mol. The molecule has 0 aliphatic carbocycles. The van der Waals surface area contributed by atoms with Gasteiger partial charge in [0.2, 0.25) is 0 Å². The molecule has 0 saturated carbocycles. The van der Waals surface area contributed by atoms with E-state index in [9.17, 15) is 4.79 Å². The zero-order chi connectivity index (χ0) is 13.1. The van der Waals surface area contributed by atoms with Crippen LogP contribution in [-0.2, 0) is 6.54 Å². The Balaban J connectivity index is 2.12. The Morgan fingerprint density at radius 3 is 2.72 bits per heavy atom. The summed E-state index contributed by atoms with van der Waals surface area (Å²) in [5, 5.41) is 6.61. The van der Waals surface area contributed by atoms with Gasteiger partial charge in [0, 0.05) is 30.9 Å². The highest BCUT2D eigenvalue weighted by Gasteiger charge is 2.12. The molecule has 0 saturated heterocycles. The van der Waals surface area contributed by atoms with Crippen molar-refractivity contribution in [2.45, 2.75) is 20.4 Å². The van der Waals surface area contributed by atoms with Gasteiger partial charge < -0.3 is 4.90 Å². The van der Waals surface area contributed by atoms with Crippen molar-refractivity contribution in [1.29, 1.82) is 0 Å². The fraction of sp³-hybridized carbons (Fsp3) is 0.286. The molecule has 94 valence electrons. The van der Waals surface area contributed by atoms with E-state index in [0.717, 1.165) is 16.7 Å². The minimum atomic E-state index is 0.0271. The first-order valence-corrected chi connectivity index (χ1v) is 5.88. The molecule has 1 amide bonds. The van der Waals surface area contributed by atoms with Crippen LogP contribution < -0.4 is 0 Å². The number of hydrogen-bond acceptors (Lipinski definition) is 2. The van der Waals surface area contributed by atoms with E-state index in [-0.39, 0.29) is 5.91 Å². The number of H-pyrrole nitrogens is 1. The number of benzene rings is 1. The van der Waals surface area contributed by atoms with Gasteiger partial charge in [-0.05, 0) is 37.1 Å². The van der Waals surface area contributed by atoms with Crippen LogP contribution in [0.25, 0.3) is 0 Å². The third kappa shape index (κ3) is 2.59. The highest BCUT2D eigenvalue weighted by molar-refractivity contribution is 5.94. The standard InChI is InChI=1S/C14H17N3O/c1-10-4-5-13(6-11(10)2)14(18)17(3)9-12-7-15-16-8-12/h4-8H,9H2,1-3H3,(H,15,16). The van der Waals surface area contributed by atoms with E-state index in [2.05, 4.69) is 10.2 Å². The van der Waals surface area contributed by atoms with E-state index in [0.29, 0.717) is 6.54 Å². The molecule has 1 aromatic carbocycles. The van der Waals surface area contributed by atoms with Crippen molar-refractivity contribution in [3.05, 3.63) is 52.8 Å². The summed E-state index contributed by atoms with van der Waals surface area (Å²) in [4.78, 5) is 13.9. The number of carbonyl (C=O) groups is 1. The smallest absolute Gasteiger partial charge is 0.253 e. The molecule has 2 rings (SSSR count). The first kappa shape index (κ1) is 12.4. The molecule has 1 aromatic heterocycles. The topological polar surface area (TPSA) is 49.0 Å². The van der Waals surface area contributed by atoms with E-state index in [1.807, 2.05) is 32.0 Å². The van der Waals surface area contributed by atoms with E-state index in [1.165, 1.54) is 5.56 Å². The van der Waals surface area contributed by atoms with Crippen molar-refractivity contribution in [2.24, 2.45) is 0 Å². The molecule has 0 radical (unpaired) electrons. The SMILES string of the molecule is Cc1ccc(C(=O)N(C)Cc2cn[nH]c2)cc1C. The van der Waals surface area contributed by atoms with E-state index in [1.54, 1.807) is 24.3 Å². The van der Waals surface area contributed by atoms with E-state index < -0.39 is 0 Å². The van der Waals surface area contributed by atoms with Crippen LogP contribution in [0, 0.1) is 13.8 Å². The fourth-order valence-electron chi connectivity index (χ4n) is 1.80. The van der Waals surface area contributed by atoms with Gasteiger partial charge in [-0.25, -0.2) is 0 Å². The summed E-state index contributed by atoms with van der Waals surface area (Å²) in [5.41, 5.74) is 4.06. The molecule has 4 nitrogen and oxygen atoms in total. The number of carbonyl (C=O) groups excluding carboxylic acids is 1. The average molecular weight is 243 g/mol. The summed E-state index contributed by atoms with van der Waals surface area (Å²) in [6, 6.07) is 5.79. The summed E-state index contributed by atoms with van der Waals surface area (Å²) in [7, 11) is 1.80. The second-order valence-corrected chi connectivity index (χ2v) is 4.57. The molecular weight excluding hydrogens is 226 g/mol. The Bertz CT molecular complexity index is 546. The van der Waals surface area contributed by atoms with Gasteiger partial charge in [-0.2, -0.15) is 5.10 Å². The molecule has 4 heteroatoms. The van der Waals surface area contributed by atoms with Crippen LogP contribution in [0.5, 0.6) is 0 Å². The normalized spacial score (nSPS) is 10.4. The summed E-state index contributed by atoms with van der Waals surface area (Å²) >= 11 is 0. The first-order chi connectivity index (χ1) is 8.58. The van der Waals surface area contributed by atoms with Gasteiger partial charge in [-0.3, -0.25) is 9.89 Å². The minimum Gasteiger partial charge on any atom is -0.337 e. The molecule has 0 aliphatic rings. The lowest BCUT2D eigenvalue weighted by atomic mass is 10.1. The summed E-state index contributed by atoms with van der Waals surface area (Å²) in [5.74, 6) is 0.0271. The number of aryl methyl sites for hydroxylation is 2. The van der Waals surface area contributed by atoms with Crippen LogP contribution in [0.15, 0.2) is 30.6 Å². The molecule has 1 N–H and O–H groups in total. The molecule has 0 atom stereocenters. The maximum Gasteiger partial charge on any atom is 0.253 e. The van der Waals surface area contributed by atoms with Gasteiger partial charge >= 0.3 is 0 Å². The van der Waals surface area contributed by atoms with Gasteiger partial charge in [-0.1, -0.05) is 6.07 Å². The van der Waals surface area contributed by atoms with Crippen LogP contribution in [0.4, 0.5) is 0 Å². The van der Waals surface area contributed by atoms with E-state index in [4.69, 9.17) is 0 Å². The van der Waals surface area contributed by atoms with Gasteiger partial charge in [0.1, 0.15) is 0 Å².